The van der Waals surface area contributed by atoms with Gasteiger partial charge in [0.2, 0.25) is 0 Å². The average molecular weight is 381 g/mol. The van der Waals surface area contributed by atoms with Crippen molar-refractivity contribution in [3.05, 3.63) is 95.6 Å². The van der Waals surface area contributed by atoms with Crippen LogP contribution in [-0.2, 0) is 0 Å². The Labute approximate surface area is 160 Å². The molecule has 3 aromatic carbocycles. The quantitative estimate of drug-likeness (QED) is 0.370. The monoisotopic (exact) mass is 380 g/mol. The fourth-order valence-corrected chi connectivity index (χ4v) is 2.44. The topological polar surface area (TPSA) is 69.7 Å². The van der Waals surface area contributed by atoms with Gasteiger partial charge in [0, 0.05) is 0 Å². The van der Waals surface area contributed by atoms with Crippen molar-refractivity contribution in [2.45, 2.75) is 0 Å². The van der Waals surface area contributed by atoms with E-state index in [0.717, 1.165) is 0 Å². The van der Waals surface area contributed by atoms with Crippen LogP contribution in [0.1, 0.15) is 31.1 Å². The fourth-order valence-electron chi connectivity index (χ4n) is 2.29. The van der Waals surface area contributed by atoms with Gasteiger partial charge in [-0.2, -0.15) is 0 Å². The molecule has 0 unspecified atom stereocenters. The average Bonchev–Trinajstić information content (AvgIpc) is 2.70. The second kappa shape index (κ2) is 8.29. The predicted octanol–water partition coefficient (Wildman–Crippen LogP) is 4.50. The molecule has 0 aliphatic heterocycles. The van der Waals surface area contributed by atoms with E-state index in [1.54, 1.807) is 60.7 Å². The van der Waals surface area contributed by atoms with E-state index >= 15 is 0 Å². The lowest BCUT2D eigenvalue weighted by atomic mass is 10.2. The highest BCUT2D eigenvalue weighted by Gasteiger charge is 2.18. The summed E-state index contributed by atoms with van der Waals surface area (Å²) in [6.45, 7) is 0. The van der Waals surface area contributed by atoms with Crippen molar-refractivity contribution in [3.8, 4) is 11.5 Å². The van der Waals surface area contributed by atoms with Crippen LogP contribution in [0, 0.1) is 0 Å². The Bertz CT molecular complexity index is 984. The van der Waals surface area contributed by atoms with Crippen molar-refractivity contribution in [2.24, 2.45) is 0 Å². The fraction of sp³-hybridized carbons (Fsp3) is 0. The maximum atomic E-state index is 12.2. The number of carbonyl (C=O) groups excluding carboxylic acids is 3. The number of ether oxygens (including phenoxy) is 2. The summed E-state index contributed by atoms with van der Waals surface area (Å²) in [5.41, 5.74) is 0.597. The summed E-state index contributed by atoms with van der Waals surface area (Å²) >= 11 is 5.59. The molecule has 0 bridgehead atoms. The van der Waals surface area contributed by atoms with E-state index in [0.29, 0.717) is 11.1 Å². The largest absolute Gasteiger partial charge is 0.423 e. The molecule has 0 amide bonds. The molecule has 134 valence electrons. The summed E-state index contributed by atoms with van der Waals surface area (Å²) in [6.07, 6.45) is 0. The molecule has 3 aromatic rings. The third-order valence-electron chi connectivity index (χ3n) is 3.59. The van der Waals surface area contributed by atoms with Gasteiger partial charge in [0.05, 0.1) is 16.7 Å². The van der Waals surface area contributed by atoms with E-state index in [1.165, 1.54) is 18.2 Å². The lowest BCUT2D eigenvalue weighted by Crippen LogP contribution is -2.12. The molecule has 0 aliphatic rings. The number of carbonyl (C=O) groups is 3. The van der Waals surface area contributed by atoms with Gasteiger partial charge in [-0.05, 0) is 54.1 Å². The van der Waals surface area contributed by atoms with E-state index in [2.05, 4.69) is 0 Å². The molecule has 0 heterocycles. The third kappa shape index (κ3) is 4.59. The van der Waals surface area contributed by atoms with Crippen LogP contribution in [0.5, 0.6) is 11.5 Å². The van der Waals surface area contributed by atoms with Crippen LogP contribution in [0.4, 0.5) is 0 Å². The molecular formula is C21H13ClO5. The molecule has 3 rings (SSSR count). The standard InChI is InChI=1S/C21H13ClO5/c22-19(23)17-13-16(26-20(24)14-7-3-1-4-8-14)11-12-18(17)27-21(25)15-9-5-2-6-10-15/h1-13H. The first-order chi connectivity index (χ1) is 13.0. The van der Waals surface area contributed by atoms with Crippen LogP contribution in [0.3, 0.4) is 0 Å². The second-order valence-corrected chi connectivity index (χ2v) is 5.79. The zero-order chi connectivity index (χ0) is 19.2. The number of benzene rings is 3. The molecule has 27 heavy (non-hydrogen) atoms. The van der Waals surface area contributed by atoms with Crippen molar-refractivity contribution in [1.82, 2.24) is 0 Å². The summed E-state index contributed by atoms with van der Waals surface area (Å²) in [6, 6.07) is 20.7. The van der Waals surface area contributed by atoms with E-state index in [-0.39, 0.29) is 17.1 Å². The molecular weight excluding hydrogens is 368 g/mol. The van der Waals surface area contributed by atoms with Gasteiger partial charge in [-0.3, -0.25) is 4.79 Å². The van der Waals surface area contributed by atoms with Gasteiger partial charge < -0.3 is 9.47 Å². The van der Waals surface area contributed by atoms with Crippen LogP contribution in [0.25, 0.3) is 0 Å². The minimum Gasteiger partial charge on any atom is -0.423 e. The normalized spacial score (nSPS) is 10.1. The van der Waals surface area contributed by atoms with Gasteiger partial charge in [0.15, 0.2) is 0 Å². The van der Waals surface area contributed by atoms with Gasteiger partial charge in [0.25, 0.3) is 5.24 Å². The number of rotatable bonds is 5. The molecule has 0 spiro atoms. The van der Waals surface area contributed by atoms with E-state index in [1.807, 2.05) is 0 Å². The van der Waals surface area contributed by atoms with Gasteiger partial charge >= 0.3 is 11.9 Å². The van der Waals surface area contributed by atoms with Crippen molar-refractivity contribution >= 4 is 28.8 Å². The van der Waals surface area contributed by atoms with Crippen molar-refractivity contribution in [2.75, 3.05) is 0 Å². The van der Waals surface area contributed by atoms with Gasteiger partial charge in [-0.1, -0.05) is 36.4 Å². The van der Waals surface area contributed by atoms with Crippen LogP contribution >= 0.6 is 11.6 Å². The highest BCUT2D eigenvalue weighted by molar-refractivity contribution is 6.68. The minimum absolute atomic E-state index is 0.0247. The zero-order valence-electron chi connectivity index (χ0n) is 13.9. The maximum absolute atomic E-state index is 12.2. The number of halogens is 1. The Kier molecular flexibility index (Phi) is 5.64. The van der Waals surface area contributed by atoms with Gasteiger partial charge in [-0.25, -0.2) is 9.59 Å². The molecule has 0 saturated heterocycles. The second-order valence-electron chi connectivity index (χ2n) is 5.44. The van der Waals surface area contributed by atoms with E-state index < -0.39 is 17.2 Å². The van der Waals surface area contributed by atoms with E-state index in [4.69, 9.17) is 21.1 Å². The summed E-state index contributed by atoms with van der Waals surface area (Å²) < 4.78 is 10.5. The third-order valence-corrected chi connectivity index (χ3v) is 3.80. The maximum Gasteiger partial charge on any atom is 0.343 e. The molecule has 5 nitrogen and oxygen atoms in total. The highest BCUT2D eigenvalue weighted by atomic mass is 35.5. The Morgan fingerprint density at radius 2 is 1.19 bits per heavy atom. The van der Waals surface area contributed by atoms with Gasteiger partial charge in [-0.15, -0.1) is 0 Å². The summed E-state index contributed by atoms with van der Waals surface area (Å²) in [7, 11) is 0. The van der Waals surface area contributed by atoms with Gasteiger partial charge in [0.1, 0.15) is 11.5 Å². The first-order valence-corrected chi connectivity index (χ1v) is 8.31. The summed E-state index contributed by atoms with van der Waals surface area (Å²) in [5.74, 6) is -1.14. The number of hydrogen-bond donors (Lipinski definition) is 0. The highest BCUT2D eigenvalue weighted by Crippen LogP contribution is 2.27. The molecule has 0 fully saturated rings. The van der Waals surface area contributed by atoms with Crippen LogP contribution in [0.15, 0.2) is 78.9 Å². The van der Waals surface area contributed by atoms with E-state index in [9.17, 15) is 14.4 Å². The molecule has 0 aromatic heterocycles. The van der Waals surface area contributed by atoms with Crippen LogP contribution < -0.4 is 9.47 Å². The van der Waals surface area contributed by atoms with Crippen molar-refractivity contribution in [1.29, 1.82) is 0 Å². The Balaban J connectivity index is 1.82. The first-order valence-electron chi connectivity index (χ1n) is 7.93. The molecule has 6 heteroatoms. The van der Waals surface area contributed by atoms with Crippen LogP contribution in [0.2, 0.25) is 0 Å². The molecule has 0 N–H and O–H groups in total. The molecule has 0 aliphatic carbocycles. The van der Waals surface area contributed by atoms with Crippen LogP contribution in [-0.4, -0.2) is 17.2 Å². The Morgan fingerprint density at radius 1 is 0.667 bits per heavy atom. The lowest BCUT2D eigenvalue weighted by Gasteiger charge is -2.10. The predicted molar refractivity (Wildman–Crippen MR) is 99.4 cm³/mol. The SMILES string of the molecule is O=C(Oc1ccc(OC(=O)c2ccccc2)c(C(=O)Cl)c1)c1ccccc1. The lowest BCUT2D eigenvalue weighted by molar-refractivity contribution is 0.0717. The Hall–Kier alpha value is -3.44. The smallest absolute Gasteiger partial charge is 0.343 e. The minimum atomic E-state index is -0.844. The summed E-state index contributed by atoms with van der Waals surface area (Å²) in [5, 5.41) is -0.844. The first kappa shape index (κ1) is 18.4. The molecule has 0 atom stereocenters. The number of esters is 2. The molecule has 0 radical (unpaired) electrons. The zero-order valence-corrected chi connectivity index (χ0v) is 14.7. The van der Waals surface area contributed by atoms with Crippen molar-refractivity contribution < 1.29 is 23.9 Å². The summed E-state index contributed by atoms with van der Waals surface area (Å²) in [4.78, 5) is 36.0. The Morgan fingerprint density at radius 3 is 1.70 bits per heavy atom. The number of hydrogen-bond acceptors (Lipinski definition) is 5. The molecule has 0 saturated carbocycles. The van der Waals surface area contributed by atoms with Crippen molar-refractivity contribution in [3.63, 3.8) is 0 Å².